The summed E-state index contributed by atoms with van der Waals surface area (Å²) in [5, 5.41) is 15.6. The summed E-state index contributed by atoms with van der Waals surface area (Å²) in [5.74, 6) is 0. The minimum atomic E-state index is -0.750. The molecule has 1 aromatic rings. The van der Waals surface area contributed by atoms with Crippen LogP contribution in [0.1, 0.15) is 0 Å². The first-order valence-corrected chi connectivity index (χ1v) is 3.59. The van der Waals surface area contributed by atoms with Gasteiger partial charge in [-0.1, -0.05) is 29.3 Å². The molecular formula is C6H7BCl2O2. The summed E-state index contributed by atoms with van der Waals surface area (Å²) in [6.07, 6.45) is 0. The minimum absolute atomic E-state index is 0.678. The standard InChI is InChI=1S/C6H4Cl2.BH3O2/c7-5-2-1-3-6(8)4-5;2-1-3/h1-4H;1-3H. The smallest absolute Gasteiger partial charge is 0.430 e. The largest absolute Gasteiger partial charge is 0.432 e. The molecule has 2 nitrogen and oxygen atoms in total. The van der Waals surface area contributed by atoms with Crippen LogP contribution in [0, 0.1) is 0 Å². The molecule has 1 aromatic carbocycles. The van der Waals surface area contributed by atoms with Gasteiger partial charge >= 0.3 is 7.69 Å². The first-order valence-electron chi connectivity index (χ1n) is 2.83. The number of hydrogen-bond donors (Lipinski definition) is 2. The molecule has 0 aliphatic carbocycles. The Balaban J connectivity index is 0.000000292. The van der Waals surface area contributed by atoms with E-state index in [4.69, 9.17) is 33.2 Å². The number of halogens is 2. The second kappa shape index (κ2) is 6.49. The van der Waals surface area contributed by atoms with Crippen LogP contribution < -0.4 is 0 Å². The molecule has 0 spiro atoms. The van der Waals surface area contributed by atoms with Crippen LogP contribution in [0.5, 0.6) is 0 Å². The van der Waals surface area contributed by atoms with E-state index in [1.165, 1.54) is 0 Å². The highest BCUT2D eigenvalue weighted by atomic mass is 35.5. The van der Waals surface area contributed by atoms with Crippen LogP contribution in [0.15, 0.2) is 24.3 Å². The van der Waals surface area contributed by atoms with Crippen molar-refractivity contribution in [3.05, 3.63) is 34.3 Å². The SMILES string of the molecule is Clc1cccc(Cl)c1.OBO. The lowest BCUT2D eigenvalue weighted by Crippen LogP contribution is -1.75. The molecule has 0 atom stereocenters. The molecule has 0 unspecified atom stereocenters. The zero-order valence-corrected chi connectivity index (χ0v) is 7.18. The molecule has 0 bridgehead atoms. The predicted octanol–water partition coefficient (Wildman–Crippen LogP) is 1.23. The summed E-state index contributed by atoms with van der Waals surface area (Å²) in [5.41, 5.74) is 0. The number of rotatable bonds is 0. The molecule has 0 fully saturated rings. The predicted molar refractivity (Wildman–Crippen MR) is 48.0 cm³/mol. The Morgan fingerprint density at radius 3 is 1.64 bits per heavy atom. The van der Waals surface area contributed by atoms with Gasteiger partial charge in [-0.3, -0.25) is 0 Å². The van der Waals surface area contributed by atoms with Crippen molar-refractivity contribution in [1.29, 1.82) is 0 Å². The molecule has 11 heavy (non-hydrogen) atoms. The highest BCUT2D eigenvalue weighted by molar-refractivity contribution is 6.34. The average Bonchev–Trinajstić information content (AvgIpc) is 1.88. The van der Waals surface area contributed by atoms with Gasteiger partial charge in [-0.2, -0.15) is 0 Å². The third kappa shape index (κ3) is 6.19. The average molecular weight is 193 g/mol. The highest BCUT2D eigenvalue weighted by Gasteiger charge is 1.84. The summed E-state index contributed by atoms with van der Waals surface area (Å²) in [6, 6.07) is 7.08. The van der Waals surface area contributed by atoms with Gasteiger partial charge in [0.2, 0.25) is 0 Å². The normalized spacial score (nSPS) is 8.00. The fourth-order valence-corrected chi connectivity index (χ4v) is 0.896. The third-order valence-electron chi connectivity index (χ3n) is 0.787. The van der Waals surface area contributed by atoms with Gasteiger partial charge in [0, 0.05) is 10.0 Å². The van der Waals surface area contributed by atoms with E-state index in [2.05, 4.69) is 0 Å². The lowest BCUT2D eigenvalue weighted by atomic mass is 10.4. The van der Waals surface area contributed by atoms with Crippen LogP contribution in [0.4, 0.5) is 0 Å². The molecule has 5 heteroatoms. The number of hydrogen-bond acceptors (Lipinski definition) is 2. The summed E-state index contributed by atoms with van der Waals surface area (Å²) in [6.45, 7) is 0. The van der Waals surface area contributed by atoms with Crippen molar-refractivity contribution >= 4 is 30.9 Å². The van der Waals surface area contributed by atoms with E-state index < -0.39 is 7.69 Å². The molecule has 0 aromatic heterocycles. The topological polar surface area (TPSA) is 40.5 Å². The molecule has 2 N–H and O–H groups in total. The molecule has 0 saturated heterocycles. The van der Waals surface area contributed by atoms with Crippen LogP contribution in [0.25, 0.3) is 0 Å². The Labute approximate surface area is 75.7 Å². The van der Waals surface area contributed by atoms with Gasteiger partial charge in [-0.05, 0) is 18.2 Å². The summed E-state index contributed by atoms with van der Waals surface area (Å²) in [4.78, 5) is 0. The van der Waals surface area contributed by atoms with E-state index in [-0.39, 0.29) is 0 Å². The summed E-state index contributed by atoms with van der Waals surface area (Å²) < 4.78 is 0. The zero-order chi connectivity index (χ0) is 8.69. The molecule has 1 rings (SSSR count). The number of benzene rings is 1. The van der Waals surface area contributed by atoms with Gasteiger partial charge < -0.3 is 10.0 Å². The molecule has 60 valence electrons. The van der Waals surface area contributed by atoms with E-state index in [1.807, 2.05) is 6.07 Å². The maximum atomic E-state index is 7.12. The zero-order valence-electron chi connectivity index (χ0n) is 5.67. The van der Waals surface area contributed by atoms with Crippen LogP contribution in [0.3, 0.4) is 0 Å². The molecule has 0 heterocycles. The molecule has 0 saturated carbocycles. The van der Waals surface area contributed by atoms with E-state index in [9.17, 15) is 0 Å². The van der Waals surface area contributed by atoms with E-state index in [0.29, 0.717) is 10.0 Å². The molecule has 0 amide bonds. The van der Waals surface area contributed by atoms with Gasteiger partial charge in [-0.25, -0.2) is 0 Å². The Morgan fingerprint density at radius 2 is 1.45 bits per heavy atom. The Bertz CT molecular complexity index is 190. The first-order chi connectivity index (χ1) is 5.20. The van der Waals surface area contributed by atoms with Gasteiger partial charge in [0.25, 0.3) is 0 Å². The van der Waals surface area contributed by atoms with Crippen molar-refractivity contribution in [2.24, 2.45) is 0 Å². The lowest BCUT2D eigenvalue weighted by molar-refractivity contribution is 0.448. The maximum Gasteiger partial charge on any atom is 0.432 e. The Kier molecular flexibility index (Phi) is 6.37. The fourth-order valence-electron chi connectivity index (χ4n) is 0.460. The van der Waals surface area contributed by atoms with Gasteiger partial charge in [0.15, 0.2) is 0 Å². The van der Waals surface area contributed by atoms with Crippen molar-refractivity contribution in [1.82, 2.24) is 0 Å². The van der Waals surface area contributed by atoms with Crippen molar-refractivity contribution in [2.75, 3.05) is 0 Å². The maximum absolute atomic E-state index is 7.12. The lowest BCUT2D eigenvalue weighted by Gasteiger charge is -1.86. The van der Waals surface area contributed by atoms with Crippen LogP contribution in [0.2, 0.25) is 10.0 Å². The first kappa shape index (κ1) is 10.8. The molecular weight excluding hydrogens is 186 g/mol. The van der Waals surface area contributed by atoms with Crippen molar-refractivity contribution in [3.63, 3.8) is 0 Å². The van der Waals surface area contributed by atoms with E-state index >= 15 is 0 Å². The Morgan fingerprint density at radius 1 is 1.09 bits per heavy atom. The van der Waals surface area contributed by atoms with Crippen LogP contribution >= 0.6 is 23.2 Å². The third-order valence-corrected chi connectivity index (χ3v) is 1.26. The quantitative estimate of drug-likeness (QED) is 0.608. The van der Waals surface area contributed by atoms with Gasteiger partial charge in [0.05, 0.1) is 0 Å². The van der Waals surface area contributed by atoms with Crippen LogP contribution in [-0.4, -0.2) is 17.7 Å². The molecule has 0 radical (unpaired) electrons. The van der Waals surface area contributed by atoms with Gasteiger partial charge in [0.1, 0.15) is 0 Å². The fraction of sp³-hybridized carbons (Fsp3) is 0. The van der Waals surface area contributed by atoms with Crippen molar-refractivity contribution < 1.29 is 10.0 Å². The second-order valence-electron chi connectivity index (χ2n) is 1.58. The monoisotopic (exact) mass is 192 g/mol. The summed E-state index contributed by atoms with van der Waals surface area (Å²) in [7, 11) is -0.750. The highest BCUT2D eigenvalue weighted by Crippen LogP contribution is 2.13. The second-order valence-corrected chi connectivity index (χ2v) is 2.45. The molecule has 0 aliphatic rings. The summed E-state index contributed by atoms with van der Waals surface area (Å²) >= 11 is 11.1. The van der Waals surface area contributed by atoms with Gasteiger partial charge in [-0.15, -0.1) is 0 Å². The van der Waals surface area contributed by atoms with E-state index in [0.717, 1.165) is 0 Å². The Hall–Kier alpha value is -0.215. The minimum Gasteiger partial charge on any atom is -0.430 e. The van der Waals surface area contributed by atoms with Crippen molar-refractivity contribution in [2.45, 2.75) is 0 Å². The van der Waals surface area contributed by atoms with E-state index in [1.54, 1.807) is 18.2 Å². The van der Waals surface area contributed by atoms with Crippen LogP contribution in [-0.2, 0) is 0 Å². The molecule has 0 aliphatic heterocycles. The van der Waals surface area contributed by atoms with Crippen molar-refractivity contribution in [3.8, 4) is 0 Å².